The summed E-state index contributed by atoms with van der Waals surface area (Å²) in [5, 5.41) is 8.82. The predicted molar refractivity (Wildman–Crippen MR) is 72.1 cm³/mol. The van der Waals surface area contributed by atoms with Gasteiger partial charge in [-0.3, -0.25) is 19.5 Å². The van der Waals surface area contributed by atoms with Gasteiger partial charge in [0.05, 0.1) is 29.6 Å². The number of amides is 2. The minimum Gasteiger partial charge on any atom is -0.478 e. The molecule has 1 saturated heterocycles. The van der Waals surface area contributed by atoms with Gasteiger partial charge < -0.3 is 5.11 Å². The molecule has 2 aliphatic rings. The van der Waals surface area contributed by atoms with Crippen molar-refractivity contribution in [2.24, 2.45) is 17.8 Å². The molecule has 2 unspecified atom stereocenters. The maximum absolute atomic E-state index is 12.3. The lowest BCUT2D eigenvalue weighted by molar-refractivity contribution is -0.141. The van der Waals surface area contributed by atoms with Crippen LogP contribution in [0.3, 0.4) is 0 Å². The molecule has 1 saturated carbocycles. The van der Waals surface area contributed by atoms with Gasteiger partial charge in [-0.1, -0.05) is 6.92 Å². The van der Waals surface area contributed by atoms with E-state index in [9.17, 15) is 14.4 Å². The van der Waals surface area contributed by atoms with E-state index in [4.69, 9.17) is 5.11 Å². The maximum Gasteiger partial charge on any atom is 0.337 e. The third-order valence-electron chi connectivity index (χ3n) is 4.36. The molecule has 21 heavy (non-hydrogen) atoms. The summed E-state index contributed by atoms with van der Waals surface area (Å²) < 4.78 is 0. The monoisotopic (exact) mass is 288 g/mol. The van der Waals surface area contributed by atoms with Crippen molar-refractivity contribution in [3.63, 3.8) is 0 Å². The van der Waals surface area contributed by atoms with Gasteiger partial charge in [-0.25, -0.2) is 4.79 Å². The number of aromatic nitrogens is 1. The summed E-state index contributed by atoms with van der Waals surface area (Å²) in [6.45, 7) is 2.19. The first-order valence-corrected chi connectivity index (χ1v) is 7.01. The molecule has 2 atom stereocenters. The number of hydrogen-bond acceptors (Lipinski definition) is 4. The molecule has 0 aromatic carbocycles. The van der Waals surface area contributed by atoms with Crippen molar-refractivity contribution in [2.75, 3.05) is 0 Å². The largest absolute Gasteiger partial charge is 0.478 e. The van der Waals surface area contributed by atoms with Gasteiger partial charge in [-0.15, -0.1) is 0 Å². The van der Waals surface area contributed by atoms with E-state index in [2.05, 4.69) is 11.9 Å². The molecule has 2 heterocycles. The normalized spacial score (nSPS) is 28.0. The van der Waals surface area contributed by atoms with Crippen molar-refractivity contribution in [3.8, 4) is 0 Å². The number of hydrogen-bond donors (Lipinski definition) is 1. The van der Waals surface area contributed by atoms with E-state index < -0.39 is 5.97 Å². The average molecular weight is 288 g/mol. The highest BCUT2D eigenvalue weighted by atomic mass is 16.4. The predicted octanol–water partition coefficient (Wildman–Crippen LogP) is 1.31. The van der Waals surface area contributed by atoms with Crippen LogP contribution in [-0.2, 0) is 16.1 Å². The van der Waals surface area contributed by atoms with Crippen LogP contribution in [0.25, 0.3) is 0 Å². The Morgan fingerprint density at radius 1 is 1.29 bits per heavy atom. The van der Waals surface area contributed by atoms with Crippen molar-refractivity contribution in [1.82, 2.24) is 9.88 Å². The highest BCUT2D eigenvalue weighted by molar-refractivity contribution is 6.05. The molecule has 1 N–H and O–H groups in total. The SMILES string of the molecule is CC1CC2C(=O)N(Cc3ccc(C(=O)O)cn3)C(=O)C2C1. The molecule has 3 rings (SSSR count). The summed E-state index contributed by atoms with van der Waals surface area (Å²) in [5.74, 6) is -1.21. The number of likely N-dealkylation sites (tertiary alicyclic amines) is 1. The van der Waals surface area contributed by atoms with Crippen LogP contribution in [0, 0.1) is 17.8 Å². The lowest BCUT2D eigenvalue weighted by Crippen LogP contribution is -2.32. The summed E-state index contributed by atoms with van der Waals surface area (Å²) in [5.41, 5.74) is 0.609. The summed E-state index contributed by atoms with van der Waals surface area (Å²) >= 11 is 0. The van der Waals surface area contributed by atoms with Crippen LogP contribution in [0.15, 0.2) is 18.3 Å². The number of imide groups is 1. The molecule has 1 aliphatic carbocycles. The quantitative estimate of drug-likeness (QED) is 0.847. The van der Waals surface area contributed by atoms with Crippen LogP contribution in [0.1, 0.15) is 35.8 Å². The van der Waals surface area contributed by atoms with Gasteiger partial charge in [0.2, 0.25) is 11.8 Å². The molecule has 2 fully saturated rings. The van der Waals surface area contributed by atoms with Crippen LogP contribution in [0.5, 0.6) is 0 Å². The Morgan fingerprint density at radius 2 is 1.90 bits per heavy atom. The Labute approximate surface area is 121 Å². The number of carbonyl (C=O) groups is 3. The lowest BCUT2D eigenvalue weighted by Gasteiger charge is -2.16. The fourth-order valence-corrected chi connectivity index (χ4v) is 3.31. The molecule has 0 spiro atoms. The van der Waals surface area contributed by atoms with E-state index in [1.54, 1.807) is 6.07 Å². The van der Waals surface area contributed by atoms with Crippen molar-refractivity contribution < 1.29 is 19.5 Å². The number of pyridine rings is 1. The number of carboxylic acids is 1. The Bertz CT molecular complexity index is 587. The third kappa shape index (κ3) is 2.30. The van der Waals surface area contributed by atoms with Gasteiger partial charge in [0, 0.05) is 6.20 Å². The second-order valence-corrected chi connectivity index (χ2v) is 5.90. The first-order valence-electron chi connectivity index (χ1n) is 7.01. The molecule has 2 amide bonds. The second-order valence-electron chi connectivity index (χ2n) is 5.90. The summed E-state index contributed by atoms with van der Waals surface area (Å²) in [7, 11) is 0. The minimum absolute atomic E-state index is 0.0866. The lowest BCUT2D eigenvalue weighted by atomic mass is 10.00. The molecule has 0 radical (unpaired) electrons. The van der Waals surface area contributed by atoms with Gasteiger partial charge in [-0.2, -0.15) is 0 Å². The highest BCUT2D eigenvalue weighted by Gasteiger charge is 2.51. The zero-order chi connectivity index (χ0) is 15.1. The van der Waals surface area contributed by atoms with E-state index >= 15 is 0 Å². The number of carbonyl (C=O) groups excluding carboxylic acids is 2. The summed E-state index contributed by atoms with van der Waals surface area (Å²) in [6.07, 6.45) is 2.79. The molecular weight excluding hydrogens is 272 g/mol. The van der Waals surface area contributed by atoms with Gasteiger partial charge in [0.15, 0.2) is 0 Å². The first-order chi connectivity index (χ1) is 9.97. The molecule has 6 heteroatoms. The van der Waals surface area contributed by atoms with E-state index in [0.717, 1.165) is 12.8 Å². The van der Waals surface area contributed by atoms with E-state index in [0.29, 0.717) is 11.6 Å². The van der Waals surface area contributed by atoms with E-state index in [-0.39, 0.29) is 35.8 Å². The standard InChI is InChI=1S/C15H16N2O4/c1-8-4-11-12(5-8)14(19)17(13(11)18)7-10-3-2-9(6-16-10)15(20)21/h2-3,6,8,11-12H,4-5,7H2,1H3,(H,20,21). The highest BCUT2D eigenvalue weighted by Crippen LogP contribution is 2.43. The van der Waals surface area contributed by atoms with Gasteiger partial charge in [-0.05, 0) is 30.9 Å². The zero-order valence-corrected chi connectivity index (χ0v) is 11.7. The smallest absolute Gasteiger partial charge is 0.337 e. The Balaban J connectivity index is 1.75. The average Bonchev–Trinajstić information content (AvgIpc) is 2.93. The molecule has 0 bridgehead atoms. The van der Waals surface area contributed by atoms with Crippen LogP contribution in [0.2, 0.25) is 0 Å². The summed E-state index contributed by atoms with van der Waals surface area (Å²) in [6, 6.07) is 2.97. The zero-order valence-electron chi connectivity index (χ0n) is 11.7. The van der Waals surface area contributed by atoms with E-state index in [1.807, 2.05) is 0 Å². The molecule has 1 aromatic heterocycles. The van der Waals surface area contributed by atoms with Crippen LogP contribution < -0.4 is 0 Å². The third-order valence-corrected chi connectivity index (χ3v) is 4.36. The maximum atomic E-state index is 12.3. The number of rotatable bonds is 3. The Morgan fingerprint density at radius 3 is 2.38 bits per heavy atom. The number of nitrogens with zero attached hydrogens (tertiary/aromatic N) is 2. The second kappa shape index (κ2) is 4.95. The Kier molecular flexibility index (Phi) is 3.23. The molecule has 1 aromatic rings. The van der Waals surface area contributed by atoms with Crippen LogP contribution in [-0.4, -0.2) is 32.8 Å². The molecule has 110 valence electrons. The van der Waals surface area contributed by atoms with Gasteiger partial charge in [0.1, 0.15) is 0 Å². The van der Waals surface area contributed by atoms with Gasteiger partial charge >= 0.3 is 5.97 Å². The van der Waals surface area contributed by atoms with Crippen molar-refractivity contribution in [1.29, 1.82) is 0 Å². The fourth-order valence-electron chi connectivity index (χ4n) is 3.31. The molecular formula is C15H16N2O4. The number of fused-ring (bicyclic) bond motifs is 1. The van der Waals surface area contributed by atoms with Crippen molar-refractivity contribution in [3.05, 3.63) is 29.6 Å². The van der Waals surface area contributed by atoms with E-state index in [1.165, 1.54) is 17.2 Å². The Hall–Kier alpha value is -2.24. The molecule has 6 nitrogen and oxygen atoms in total. The fraction of sp³-hybridized carbons (Fsp3) is 0.467. The number of aromatic carboxylic acids is 1. The summed E-state index contributed by atoms with van der Waals surface area (Å²) in [4.78, 5) is 40.7. The van der Waals surface area contributed by atoms with Gasteiger partial charge in [0.25, 0.3) is 0 Å². The molecule has 1 aliphatic heterocycles. The number of carboxylic acid groups (broad SMARTS) is 1. The minimum atomic E-state index is -1.05. The van der Waals surface area contributed by atoms with Crippen LogP contribution in [0.4, 0.5) is 0 Å². The van der Waals surface area contributed by atoms with Crippen molar-refractivity contribution >= 4 is 17.8 Å². The topological polar surface area (TPSA) is 87.6 Å². The van der Waals surface area contributed by atoms with Crippen LogP contribution >= 0.6 is 0 Å². The van der Waals surface area contributed by atoms with Crippen molar-refractivity contribution in [2.45, 2.75) is 26.3 Å². The first kappa shape index (κ1) is 13.7.